The maximum absolute atomic E-state index is 12.5. The predicted octanol–water partition coefficient (Wildman–Crippen LogP) is 4.46. The summed E-state index contributed by atoms with van der Waals surface area (Å²) in [6, 6.07) is 11.8. The Kier molecular flexibility index (Phi) is 5.44. The van der Waals surface area contributed by atoms with Crippen molar-refractivity contribution in [3.8, 4) is 11.6 Å². The van der Waals surface area contributed by atoms with E-state index >= 15 is 0 Å². The van der Waals surface area contributed by atoms with E-state index in [4.69, 9.17) is 9.15 Å². The molecule has 0 saturated carbocycles. The summed E-state index contributed by atoms with van der Waals surface area (Å²) in [5, 5.41) is 2.77. The molecule has 0 spiro atoms. The highest BCUT2D eigenvalue weighted by atomic mass is 19.4. The Labute approximate surface area is 152 Å². The molecule has 27 heavy (non-hydrogen) atoms. The van der Waals surface area contributed by atoms with Crippen LogP contribution in [-0.2, 0) is 12.6 Å². The number of carbonyl (C=O) groups is 1. The van der Waals surface area contributed by atoms with Gasteiger partial charge in [0.1, 0.15) is 11.5 Å². The van der Waals surface area contributed by atoms with Crippen LogP contribution in [0.1, 0.15) is 21.7 Å². The van der Waals surface area contributed by atoms with Crippen LogP contribution in [0.3, 0.4) is 0 Å². The van der Waals surface area contributed by atoms with Gasteiger partial charge >= 0.3 is 6.18 Å². The molecule has 5 nitrogen and oxygen atoms in total. The molecule has 0 fully saturated rings. The number of aromatic nitrogens is 1. The molecule has 140 valence electrons. The molecule has 3 rings (SSSR count). The first-order valence-electron chi connectivity index (χ1n) is 8.03. The fourth-order valence-corrected chi connectivity index (χ4v) is 2.26. The number of amides is 1. The smallest absolute Gasteiger partial charge is 0.417 e. The van der Waals surface area contributed by atoms with Crippen LogP contribution in [0.5, 0.6) is 11.6 Å². The van der Waals surface area contributed by atoms with Crippen molar-refractivity contribution in [2.75, 3.05) is 6.54 Å². The van der Waals surface area contributed by atoms with Crippen LogP contribution in [0.25, 0.3) is 0 Å². The van der Waals surface area contributed by atoms with Crippen molar-refractivity contribution >= 4 is 5.91 Å². The largest absolute Gasteiger partial charge is 0.469 e. The third-order valence-corrected chi connectivity index (χ3v) is 3.64. The summed E-state index contributed by atoms with van der Waals surface area (Å²) < 4.78 is 48.1. The van der Waals surface area contributed by atoms with Gasteiger partial charge in [-0.25, -0.2) is 4.98 Å². The molecule has 0 atom stereocenters. The van der Waals surface area contributed by atoms with Gasteiger partial charge in [-0.3, -0.25) is 4.79 Å². The highest BCUT2D eigenvalue weighted by molar-refractivity contribution is 5.94. The van der Waals surface area contributed by atoms with Gasteiger partial charge in [0.25, 0.3) is 5.91 Å². The summed E-state index contributed by atoms with van der Waals surface area (Å²) in [4.78, 5) is 15.7. The molecular formula is C19H15F3N2O3. The standard InChI is InChI=1S/C19H15F3N2O3/c20-19(21,22)14-5-8-17(24-12-14)27-16-6-3-13(4-7-16)18(25)23-10-9-15-2-1-11-26-15/h1-8,11-12H,9-10H2,(H,23,25). The monoisotopic (exact) mass is 376 g/mol. The van der Waals surface area contributed by atoms with Crippen molar-refractivity contribution in [1.82, 2.24) is 10.3 Å². The topological polar surface area (TPSA) is 64.4 Å². The fourth-order valence-electron chi connectivity index (χ4n) is 2.26. The molecule has 0 radical (unpaired) electrons. The SMILES string of the molecule is O=C(NCCc1ccco1)c1ccc(Oc2ccc(C(F)(F)F)cn2)cc1. The van der Waals surface area contributed by atoms with Crippen LogP contribution >= 0.6 is 0 Å². The van der Waals surface area contributed by atoms with Gasteiger partial charge in [-0.2, -0.15) is 13.2 Å². The molecule has 1 N–H and O–H groups in total. The second-order valence-electron chi connectivity index (χ2n) is 5.59. The Balaban J connectivity index is 1.54. The third-order valence-electron chi connectivity index (χ3n) is 3.64. The van der Waals surface area contributed by atoms with E-state index in [1.807, 2.05) is 6.07 Å². The predicted molar refractivity (Wildman–Crippen MR) is 90.5 cm³/mol. The van der Waals surface area contributed by atoms with Gasteiger partial charge in [-0.15, -0.1) is 0 Å². The fraction of sp³-hybridized carbons (Fsp3) is 0.158. The minimum Gasteiger partial charge on any atom is -0.469 e. The number of hydrogen-bond acceptors (Lipinski definition) is 4. The summed E-state index contributed by atoms with van der Waals surface area (Å²) in [7, 11) is 0. The Bertz CT molecular complexity index is 874. The van der Waals surface area contributed by atoms with Gasteiger partial charge in [0.05, 0.1) is 11.8 Å². The quantitative estimate of drug-likeness (QED) is 0.690. The first kappa shape index (κ1) is 18.5. The molecule has 2 heterocycles. The zero-order valence-electron chi connectivity index (χ0n) is 14.0. The molecular weight excluding hydrogens is 361 g/mol. The van der Waals surface area contributed by atoms with Crippen LogP contribution in [0.2, 0.25) is 0 Å². The molecule has 0 bridgehead atoms. The molecule has 0 aliphatic rings. The number of nitrogens with one attached hydrogen (secondary N) is 1. The first-order valence-corrected chi connectivity index (χ1v) is 8.03. The molecule has 2 aromatic heterocycles. The average Bonchev–Trinajstić information content (AvgIpc) is 3.15. The highest BCUT2D eigenvalue weighted by Crippen LogP contribution is 2.30. The molecule has 0 saturated heterocycles. The lowest BCUT2D eigenvalue weighted by molar-refractivity contribution is -0.137. The second-order valence-corrected chi connectivity index (χ2v) is 5.59. The zero-order chi connectivity index (χ0) is 19.3. The van der Waals surface area contributed by atoms with Crippen molar-refractivity contribution in [2.24, 2.45) is 0 Å². The molecule has 3 aromatic rings. The number of halogens is 3. The summed E-state index contributed by atoms with van der Waals surface area (Å²) in [6.07, 6.45) is -1.59. The van der Waals surface area contributed by atoms with E-state index in [1.165, 1.54) is 0 Å². The van der Waals surface area contributed by atoms with E-state index in [1.54, 1.807) is 36.6 Å². The van der Waals surface area contributed by atoms with E-state index in [-0.39, 0.29) is 11.8 Å². The van der Waals surface area contributed by atoms with Gasteiger partial charge in [0.2, 0.25) is 5.88 Å². The average molecular weight is 376 g/mol. The minimum atomic E-state index is -4.45. The number of benzene rings is 1. The van der Waals surface area contributed by atoms with Crippen LogP contribution < -0.4 is 10.1 Å². The minimum absolute atomic E-state index is 0.0265. The number of alkyl halides is 3. The van der Waals surface area contributed by atoms with Crippen molar-refractivity contribution in [3.05, 3.63) is 77.9 Å². The number of ether oxygens (including phenoxy) is 1. The van der Waals surface area contributed by atoms with Crippen molar-refractivity contribution in [2.45, 2.75) is 12.6 Å². The van der Waals surface area contributed by atoms with Gasteiger partial charge in [0, 0.05) is 30.8 Å². The van der Waals surface area contributed by atoms with Gasteiger partial charge < -0.3 is 14.5 Å². The number of carbonyl (C=O) groups excluding carboxylic acids is 1. The number of nitrogens with zero attached hydrogens (tertiary/aromatic N) is 1. The van der Waals surface area contributed by atoms with Crippen molar-refractivity contribution in [1.29, 1.82) is 0 Å². The lowest BCUT2D eigenvalue weighted by Gasteiger charge is -2.09. The molecule has 0 aliphatic heterocycles. The van der Waals surface area contributed by atoms with Crippen LogP contribution in [0.4, 0.5) is 13.2 Å². The van der Waals surface area contributed by atoms with E-state index < -0.39 is 11.7 Å². The third kappa shape index (κ3) is 5.10. The Morgan fingerprint density at radius 3 is 2.48 bits per heavy atom. The van der Waals surface area contributed by atoms with Crippen LogP contribution in [-0.4, -0.2) is 17.4 Å². The Morgan fingerprint density at radius 1 is 1.11 bits per heavy atom. The van der Waals surface area contributed by atoms with Crippen LogP contribution in [0, 0.1) is 0 Å². The molecule has 0 unspecified atom stereocenters. The van der Waals surface area contributed by atoms with Gasteiger partial charge in [-0.05, 0) is 42.5 Å². The zero-order valence-corrected chi connectivity index (χ0v) is 14.0. The van der Waals surface area contributed by atoms with E-state index in [9.17, 15) is 18.0 Å². The van der Waals surface area contributed by atoms with Crippen LogP contribution in [0.15, 0.2) is 65.4 Å². The summed E-state index contributed by atoms with van der Waals surface area (Å²) in [5.74, 6) is 0.914. The summed E-state index contributed by atoms with van der Waals surface area (Å²) in [6.45, 7) is 0.431. The lowest BCUT2D eigenvalue weighted by atomic mass is 10.2. The molecule has 0 aliphatic carbocycles. The van der Waals surface area contributed by atoms with E-state index in [0.29, 0.717) is 30.5 Å². The Morgan fingerprint density at radius 2 is 1.89 bits per heavy atom. The maximum atomic E-state index is 12.5. The number of rotatable bonds is 6. The number of hydrogen-bond donors (Lipinski definition) is 1. The van der Waals surface area contributed by atoms with Crippen molar-refractivity contribution in [3.63, 3.8) is 0 Å². The summed E-state index contributed by atoms with van der Waals surface area (Å²) in [5.41, 5.74) is -0.418. The number of furan rings is 1. The van der Waals surface area contributed by atoms with Gasteiger partial charge in [-0.1, -0.05) is 0 Å². The highest BCUT2D eigenvalue weighted by Gasteiger charge is 2.30. The molecule has 1 amide bonds. The first-order chi connectivity index (χ1) is 12.9. The molecule has 1 aromatic carbocycles. The van der Waals surface area contributed by atoms with E-state index in [0.717, 1.165) is 17.9 Å². The number of pyridine rings is 1. The lowest BCUT2D eigenvalue weighted by Crippen LogP contribution is -2.25. The second kappa shape index (κ2) is 7.94. The maximum Gasteiger partial charge on any atom is 0.417 e. The molecule has 8 heteroatoms. The summed E-state index contributed by atoms with van der Waals surface area (Å²) >= 11 is 0. The van der Waals surface area contributed by atoms with E-state index in [2.05, 4.69) is 10.3 Å². The normalized spacial score (nSPS) is 11.2. The van der Waals surface area contributed by atoms with Crippen molar-refractivity contribution < 1.29 is 27.1 Å². The van der Waals surface area contributed by atoms with Gasteiger partial charge in [0.15, 0.2) is 0 Å². The Hall–Kier alpha value is -3.29.